The van der Waals surface area contributed by atoms with Gasteiger partial charge in [-0.15, -0.1) is 0 Å². The molecule has 4 heteroatoms. The van der Waals surface area contributed by atoms with Gasteiger partial charge in [-0.1, -0.05) is 23.7 Å². The normalized spacial score (nSPS) is 13.7. The molecule has 0 amide bonds. The maximum atomic E-state index is 13.4. The highest BCUT2D eigenvalue weighted by Crippen LogP contribution is 2.24. The third kappa shape index (κ3) is 4.23. The van der Waals surface area contributed by atoms with Crippen molar-refractivity contribution in [3.05, 3.63) is 34.6 Å². The van der Waals surface area contributed by atoms with Crippen LogP contribution in [0.1, 0.15) is 25.8 Å². The highest BCUT2D eigenvalue weighted by atomic mass is 35.5. The fraction of sp³-hybridized carbons (Fsp3) is 0.571. The smallest absolute Gasteiger partial charge is 0.142 e. The van der Waals surface area contributed by atoms with Gasteiger partial charge >= 0.3 is 0 Å². The predicted octanol–water partition coefficient (Wildman–Crippen LogP) is 3.42. The van der Waals surface area contributed by atoms with E-state index >= 15 is 0 Å². The molecule has 0 aliphatic rings. The molecule has 0 heterocycles. The molecular weight excluding hydrogens is 253 g/mol. The highest BCUT2D eigenvalue weighted by molar-refractivity contribution is 6.31. The molecule has 0 aromatic heterocycles. The summed E-state index contributed by atoms with van der Waals surface area (Å²) in [4.78, 5) is 0. The fourth-order valence-corrected chi connectivity index (χ4v) is 2.13. The van der Waals surface area contributed by atoms with E-state index in [0.717, 1.165) is 12.0 Å². The van der Waals surface area contributed by atoms with E-state index in [0.29, 0.717) is 6.42 Å². The van der Waals surface area contributed by atoms with E-state index in [-0.39, 0.29) is 22.5 Å². The zero-order valence-corrected chi connectivity index (χ0v) is 12.1. The number of halogens is 2. The van der Waals surface area contributed by atoms with Crippen LogP contribution in [0.25, 0.3) is 0 Å². The second-order valence-electron chi connectivity index (χ2n) is 5.07. The lowest BCUT2D eigenvalue weighted by atomic mass is 9.94. The first-order valence-corrected chi connectivity index (χ1v) is 6.42. The molecule has 1 rings (SSSR count). The van der Waals surface area contributed by atoms with E-state index in [9.17, 15) is 4.39 Å². The van der Waals surface area contributed by atoms with Crippen molar-refractivity contribution >= 4 is 11.6 Å². The summed E-state index contributed by atoms with van der Waals surface area (Å²) in [5, 5.41) is 3.44. The van der Waals surface area contributed by atoms with Gasteiger partial charge in [0.1, 0.15) is 5.82 Å². The van der Waals surface area contributed by atoms with Gasteiger partial charge in [0.05, 0.1) is 10.6 Å². The Bertz CT molecular complexity index is 395. The Morgan fingerprint density at radius 2 is 2.11 bits per heavy atom. The molecule has 0 saturated heterocycles. The molecule has 2 nitrogen and oxygen atoms in total. The average Bonchev–Trinajstić information content (AvgIpc) is 2.33. The summed E-state index contributed by atoms with van der Waals surface area (Å²) in [6.45, 7) is 4.06. The fourth-order valence-electron chi connectivity index (χ4n) is 1.92. The van der Waals surface area contributed by atoms with E-state index < -0.39 is 0 Å². The zero-order chi connectivity index (χ0) is 13.8. The van der Waals surface area contributed by atoms with Gasteiger partial charge < -0.3 is 10.1 Å². The van der Waals surface area contributed by atoms with Gasteiger partial charge in [-0.05, 0) is 45.4 Å². The molecule has 0 fully saturated rings. The molecule has 0 spiro atoms. The van der Waals surface area contributed by atoms with Crippen LogP contribution in [-0.4, -0.2) is 25.8 Å². The summed E-state index contributed by atoms with van der Waals surface area (Å²) in [5.74, 6) is -0.366. The van der Waals surface area contributed by atoms with Crippen LogP contribution in [-0.2, 0) is 11.2 Å². The third-order valence-corrected chi connectivity index (χ3v) is 3.62. The first kappa shape index (κ1) is 15.4. The first-order valence-electron chi connectivity index (χ1n) is 6.05. The zero-order valence-electron chi connectivity index (χ0n) is 11.4. The number of benzene rings is 1. The van der Waals surface area contributed by atoms with Crippen LogP contribution in [0.5, 0.6) is 0 Å². The lowest BCUT2D eigenvalue weighted by Crippen LogP contribution is -2.37. The topological polar surface area (TPSA) is 21.3 Å². The van der Waals surface area contributed by atoms with Gasteiger partial charge in [0.15, 0.2) is 0 Å². The summed E-state index contributed by atoms with van der Waals surface area (Å²) in [5.41, 5.74) is 0.607. The van der Waals surface area contributed by atoms with Crippen LogP contribution < -0.4 is 5.32 Å². The molecular formula is C14H21ClFNO. The Labute approximate surface area is 113 Å². The van der Waals surface area contributed by atoms with Crippen molar-refractivity contribution in [2.75, 3.05) is 14.2 Å². The SMILES string of the molecule is CNC(Cc1cccc(F)c1Cl)CC(C)(C)OC. The molecule has 0 bridgehead atoms. The summed E-state index contributed by atoms with van der Waals surface area (Å²) < 4.78 is 18.8. The molecule has 1 atom stereocenters. The Morgan fingerprint density at radius 1 is 1.44 bits per heavy atom. The predicted molar refractivity (Wildman–Crippen MR) is 73.7 cm³/mol. The van der Waals surface area contributed by atoms with Gasteiger partial charge in [-0.25, -0.2) is 4.39 Å². The molecule has 0 saturated carbocycles. The maximum Gasteiger partial charge on any atom is 0.142 e. The Morgan fingerprint density at radius 3 is 2.67 bits per heavy atom. The largest absolute Gasteiger partial charge is 0.379 e. The van der Waals surface area contributed by atoms with E-state index in [1.165, 1.54) is 6.07 Å². The monoisotopic (exact) mass is 273 g/mol. The number of nitrogens with one attached hydrogen (secondary N) is 1. The lowest BCUT2D eigenvalue weighted by Gasteiger charge is -2.28. The van der Waals surface area contributed by atoms with Crippen molar-refractivity contribution in [3.63, 3.8) is 0 Å². The summed E-state index contributed by atoms with van der Waals surface area (Å²) in [6, 6.07) is 5.11. The van der Waals surface area contributed by atoms with Crippen molar-refractivity contribution in [2.45, 2.75) is 38.3 Å². The molecule has 18 heavy (non-hydrogen) atoms. The second-order valence-corrected chi connectivity index (χ2v) is 5.45. The Kier molecular flexibility index (Phi) is 5.57. The summed E-state index contributed by atoms with van der Waals surface area (Å²) in [7, 11) is 3.59. The van der Waals surface area contributed by atoms with Gasteiger partial charge in [0.2, 0.25) is 0 Å². The minimum atomic E-state index is -0.366. The minimum absolute atomic E-state index is 0.194. The number of likely N-dealkylation sites (N-methyl/N-ethyl adjacent to an activating group) is 1. The molecule has 1 N–H and O–H groups in total. The molecule has 1 aromatic carbocycles. The van der Waals surface area contributed by atoms with Crippen molar-refractivity contribution in [1.29, 1.82) is 0 Å². The van der Waals surface area contributed by atoms with Gasteiger partial charge in [0, 0.05) is 13.2 Å². The molecule has 1 aromatic rings. The number of methoxy groups -OCH3 is 1. The highest BCUT2D eigenvalue weighted by Gasteiger charge is 2.22. The minimum Gasteiger partial charge on any atom is -0.379 e. The molecule has 0 aliphatic heterocycles. The number of ether oxygens (including phenoxy) is 1. The molecule has 1 unspecified atom stereocenters. The van der Waals surface area contributed by atoms with Crippen LogP contribution in [0, 0.1) is 5.82 Å². The van der Waals surface area contributed by atoms with Crippen LogP contribution in [0.15, 0.2) is 18.2 Å². The summed E-state index contributed by atoms with van der Waals surface area (Å²) >= 11 is 5.97. The van der Waals surface area contributed by atoms with Crippen molar-refractivity contribution in [1.82, 2.24) is 5.32 Å². The average molecular weight is 274 g/mol. The quantitative estimate of drug-likeness (QED) is 0.857. The van der Waals surface area contributed by atoms with Crippen LogP contribution in [0.3, 0.4) is 0 Å². The molecule has 0 radical (unpaired) electrons. The van der Waals surface area contributed by atoms with Crippen LogP contribution in [0.2, 0.25) is 5.02 Å². The van der Waals surface area contributed by atoms with Crippen molar-refractivity contribution in [3.8, 4) is 0 Å². The van der Waals surface area contributed by atoms with E-state index in [4.69, 9.17) is 16.3 Å². The summed E-state index contributed by atoms with van der Waals surface area (Å²) in [6.07, 6.45) is 1.51. The lowest BCUT2D eigenvalue weighted by molar-refractivity contribution is 0.00772. The van der Waals surface area contributed by atoms with Gasteiger partial charge in [0.25, 0.3) is 0 Å². The van der Waals surface area contributed by atoms with Crippen LogP contribution >= 0.6 is 11.6 Å². The van der Waals surface area contributed by atoms with E-state index in [1.807, 2.05) is 27.0 Å². The molecule has 102 valence electrons. The number of rotatable bonds is 6. The maximum absolute atomic E-state index is 13.4. The first-order chi connectivity index (χ1) is 8.39. The number of hydrogen-bond acceptors (Lipinski definition) is 2. The third-order valence-electron chi connectivity index (χ3n) is 3.20. The Hall–Kier alpha value is -0.640. The van der Waals surface area contributed by atoms with Gasteiger partial charge in [-0.3, -0.25) is 0 Å². The molecule has 0 aliphatic carbocycles. The van der Waals surface area contributed by atoms with E-state index in [1.54, 1.807) is 13.2 Å². The van der Waals surface area contributed by atoms with Crippen molar-refractivity contribution in [2.24, 2.45) is 0 Å². The van der Waals surface area contributed by atoms with Crippen molar-refractivity contribution < 1.29 is 9.13 Å². The van der Waals surface area contributed by atoms with E-state index in [2.05, 4.69) is 5.32 Å². The number of hydrogen-bond donors (Lipinski definition) is 1. The second kappa shape index (κ2) is 6.50. The van der Waals surface area contributed by atoms with Gasteiger partial charge in [-0.2, -0.15) is 0 Å². The van der Waals surface area contributed by atoms with Crippen LogP contribution in [0.4, 0.5) is 4.39 Å². The standard InChI is InChI=1S/C14H21ClFNO/c1-14(2,18-4)9-11(17-3)8-10-6-5-7-12(16)13(10)15/h5-7,11,17H,8-9H2,1-4H3. The Balaban J connectivity index is 2.77.